The maximum absolute atomic E-state index is 5.55. The van der Waals surface area contributed by atoms with E-state index in [4.69, 9.17) is 5.73 Å². The van der Waals surface area contributed by atoms with E-state index < -0.39 is 0 Å². The Bertz CT molecular complexity index is 598. The Balaban J connectivity index is 1.98. The highest BCUT2D eigenvalue weighted by Crippen LogP contribution is 2.28. The maximum Gasteiger partial charge on any atom is 0.202 e. The lowest BCUT2D eigenvalue weighted by Gasteiger charge is -1.89. The molecular weight excluding hydrogens is 226 g/mol. The standard InChI is InChI=1S/C9H7N5OS/c10-7-8(14-15-13-7)16-9-11-5-3-1-2-4-6(5)12-9/h1-4H,(H2,10,13)(H,11,12). The number of anilines is 1. The molecule has 0 spiro atoms. The summed E-state index contributed by atoms with van der Waals surface area (Å²) in [6, 6.07) is 7.77. The molecule has 0 bridgehead atoms. The number of H-pyrrole nitrogens is 1. The van der Waals surface area contributed by atoms with E-state index in [1.54, 1.807) is 0 Å². The summed E-state index contributed by atoms with van der Waals surface area (Å²) >= 11 is 1.29. The van der Waals surface area contributed by atoms with Gasteiger partial charge in [-0.15, -0.1) is 0 Å². The van der Waals surface area contributed by atoms with E-state index in [9.17, 15) is 0 Å². The number of fused-ring (bicyclic) bond motifs is 1. The van der Waals surface area contributed by atoms with Crippen molar-refractivity contribution >= 4 is 28.6 Å². The Kier molecular flexibility index (Phi) is 2.03. The Labute approximate surface area is 94.2 Å². The number of imidazole rings is 1. The molecule has 0 aliphatic heterocycles. The molecule has 0 saturated carbocycles. The van der Waals surface area contributed by atoms with Gasteiger partial charge in [-0.3, -0.25) is 0 Å². The van der Waals surface area contributed by atoms with Crippen LogP contribution in [-0.4, -0.2) is 20.3 Å². The maximum atomic E-state index is 5.55. The summed E-state index contributed by atoms with van der Waals surface area (Å²) in [6.07, 6.45) is 0. The third-order valence-corrected chi connectivity index (χ3v) is 2.91. The highest BCUT2D eigenvalue weighted by Gasteiger charge is 2.11. The third-order valence-electron chi connectivity index (χ3n) is 2.04. The lowest BCUT2D eigenvalue weighted by molar-refractivity contribution is 0.300. The molecule has 7 heteroatoms. The van der Waals surface area contributed by atoms with E-state index in [0.29, 0.717) is 10.2 Å². The van der Waals surface area contributed by atoms with Crippen molar-refractivity contribution in [3.05, 3.63) is 24.3 Å². The molecule has 3 aromatic rings. The predicted octanol–water partition coefficient (Wildman–Crippen LogP) is 1.68. The number of rotatable bonds is 2. The highest BCUT2D eigenvalue weighted by molar-refractivity contribution is 7.99. The van der Waals surface area contributed by atoms with Crippen LogP contribution in [0.15, 0.2) is 39.1 Å². The van der Waals surface area contributed by atoms with Crippen LogP contribution in [0, 0.1) is 0 Å². The van der Waals surface area contributed by atoms with E-state index in [2.05, 4.69) is 24.9 Å². The van der Waals surface area contributed by atoms with Gasteiger partial charge in [0.25, 0.3) is 0 Å². The van der Waals surface area contributed by atoms with E-state index in [1.807, 2.05) is 24.3 Å². The zero-order valence-electron chi connectivity index (χ0n) is 8.04. The molecule has 0 atom stereocenters. The van der Waals surface area contributed by atoms with Crippen molar-refractivity contribution in [2.75, 3.05) is 5.73 Å². The largest absolute Gasteiger partial charge is 0.379 e. The number of nitrogens with zero attached hydrogens (tertiary/aromatic N) is 3. The van der Waals surface area contributed by atoms with Crippen molar-refractivity contribution in [1.82, 2.24) is 20.3 Å². The highest BCUT2D eigenvalue weighted by atomic mass is 32.2. The summed E-state index contributed by atoms with van der Waals surface area (Å²) < 4.78 is 4.50. The fourth-order valence-electron chi connectivity index (χ4n) is 1.33. The van der Waals surface area contributed by atoms with Crippen LogP contribution >= 0.6 is 11.8 Å². The molecule has 80 valence electrons. The van der Waals surface area contributed by atoms with E-state index >= 15 is 0 Å². The lowest BCUT2D eigenvalue weighted by atomic mass is 10.3. The SMILES string of the molecule is Nc1nonc1Sc1nc2ccccc2[nH]1. The molecule has 16 heavy (non-hydrogen) atoms. The first-order valence-electron chi connectivity index (χ1n) is 4.53. The third kappa shape index (κ3) is 1.50. The van der Waals surface area contributed by atoms with Gasteiger partial charge in [0.1, 0.15) is 0 Å². The zero-order valence-corrected chi connectivity index (χ0v) is 8.86. The van der Waals surface area contributed by atoms with Crippen molar-refractivity contribution < 1.29 is 4.63 Å². The molecule has 0 unspecified atom stereocenters. The molecule has 2 aromatic heterocycles. The van der Waals surface area contributed by atoms with Gasteiger partial charge in [-0.2, -0.15) is 0 Å². The van der Waals surface area contributed by atoms with Crippen LogP contribution in [0.2, 0.25) is 0 Å². The van der Waals surface area contributed by atoms with Crippen LogP contribution in [0.25, 0.3) is 11.0 Å². The van der Waals surface area contributed by atoms with E-state index in [1.165, 1.54) is 11.8 Å². The van der Waals surface area contributed by atoms with Gasteiger partial charge >= 0.3 is 0 Å². The van der Waals surface area contributed by atoms with Crippen LogP contribution in [0.4, 0.5) is 5.82 Å². The van der Waals surface area contributed by atoms with Crippen molar-refractivity contribution in [3.63, 3.8) is 0 Å². The second-order valence-electron chi connectivity index (χ2n) is 3.12. The fraction of sp³-hybridized carbons (Fsp3) is 0. The average Bonchev–Trinajstić information content (AvgIpc) is 2.85. The van der Waals surface area contributed by atoms with E-state index in [0.717, 1.165) is 11.0 Å². The van der Waals surface area contributed by atoms with Crippen LogP contribution in [0.3, 0.4) is 0 Å². The van der Waals surface area contributed by atoms with Crippen LogP contribution < -0.4 is 5.73 Å². The monoisotopic (exact) mass is 233 g/mol. The van der Waals surface area contributed by atoms with Crippen molar-refractivity contribution in [3.8, 4) is 0 Å². The minimum absolute atomic E-state index is 0.269. The van der Waals surface area contributed by atoms with Crippen LogP contribution in [0.1, 0.15) is 0 Å². The number of para-hydroxylation sites is 2. The van der Waals surface area contributed by atoms with Gasteiger partial charge in [-0.1, -0.05) is 12.1 Å². The molecule has 3 rings (SSSR count). The predicted molar refractivity (Wildman–Crippen MR) is 58.9 cm³/mol. The fourth-order valence-corrected chi connectivity index (χ4v) is 2.03. The first kappa shape index (κ1) is 9.22. The average molecular weight is 233 g/mol. The second kappa shape index (κ2) is 3.53. The quantitative estimate of drug-likeness (QED) is 0.699. The molecule has 6 nitrogen and oxygen atoms in total. The number of nitrogen functional groups attached to an aromatic ring is 1. The molecule has 0 fully saturated rings. The first-order chi connectivity index (χ1) is 7.83. The number of benzene rings is 1. The number of hydrogen-bond donors (Lipinski definition) is 2. The summed E-state index contributed by atoms with van der Waals surface area (Å²) in [7, 11) is 0. The lowest BCUT2D eigenvalue weighted by Crippen LogP contribution is -1.86. The summed E-state index contributed by atoms with van der Waals surface area (Å²) in [6.45, 7) is 0. The Morgan fingerprint density at radius 3 is 2.88 bits per heavy atom. The smallest absolute Gasteiger partial charge is 0.202 e. The van der Waals surface area contributed by atoms with Gasteiger partial charge in [-0.05, 0) is 34.2 Å². The summed E-state index contributed by atoms with van der Waals surface area (Å²) in [5.41, 5.74) is 7.43. The Morgan fingerprint density at radius 1 is 1.25 bits per heavy atom. The summed E-state index contributed by atoms with van der Waals surface area (Å²) in [5.74, 6) is 0.269. The molecule has 0 radical (unpaired) electrons. The number of nitrogens with one attached hydrogen (secondary N) is 1. The van der Waals surface area contributed by atoms with E-state index in [-0.39, 0.29) is 5.82 Å². The van der Waals surface area contributed by atoms with Crippen LogP contribution in [0.5, 0.6) is 0 Å². The van der Waals surface area contributed by atoms with Gasteiger partial charge < -0.3 is 10.7 Å². The molecule has 0 aliphatic carbocycles. The minimum Gasteiger partial charge on any atom is -0.379 e. The molecule has 3 N–H and O–H groups in total. The molecule has 0 saturated heterocycles. The number of hydrogen-bond acceptors (Lipinski definition) is 6. The first-order valence-corrected chi connectivity index (χ1v) is 5.35. The topological polar surface area (TPSA) is 93.6 Å². The van der Waals surface area contributed by atoms with Gasteiger partial charge in [0.15, 0.2) is 10.2 Å². The zero-order chi connectivity index (χ0) is 11.0. The minimum atomic E-state index is 0.269. The van der Waals surface area contributed by atoms with Gasteiger partial charge in [0.05, 0.1) is 11.0 Å². The van der Waals surface area contributed by atoms with Gasteiger partial charge in [0, 0.05) is 0 Å². The molecule has 0 aliphatic rings. The number of aromatic amines is 1. The molecule has 2 heterocycles. The Hall–Kier alpha value is -2.02. The number of aromatic nitrogens is 4. The molecule has 0 amide bonds. The normalized spacial score (nSPS) is 11.0. The summed E-state index contributed by atoms with van der Waals surface area (Å²) in [4.78, 5) is 7.52. The van der Waals surface area contributed by atoms with Crippen molar-refractivity contribution in [1.29, 1.82) is 0 Å². The van der Waals surface area contributed by atoms with Gasteiger partial charge in [0.2, 0.25) is 5.82 Å². The van der Waals surface area contributed by atoms with Gasteiger partial charge in [-0.25, -0.2) is 9.61 Å². The van der Waals surface area contributed by atoms with Crippen molar-refractivity contribution in [2.45, 2.75) is 10.2 Å². The second-order valence-corrected chi connectivity index (χ2v) is 4.09. The van der Waals surface area contributed by atoms with Crippen molar-refractivity contribution in [2.24, 2.45) is 0 Å². The number of nitrogens with two attached hydrogens (primary N) is 1. The molecular formula is C9H7N5OS. The Morgan fingerprint density at radius 2 is 2.12 bits per heavy atom. The summed E-state index contributed by atoms with van der Waals surface area (Å²) in [5, 5.41) is 8.39. The molecule has 1 aromatic carbocycles. The van der Waals surface area contributed by atoms with Crippen LogP contribution in [-0.2, 0) is 0 Å².